The molecule has 0 saturated carbocycles. The summed E-state index contributed by atoms with van der Waals surface area (Å²) in [5.74, 6) is 0.824. The number of hydrogen-bond donors (Lipinski definition) is 2. The number of rotatable bonds is 4. The van der Waals surface area contributed by atoms with E-state index < -0.39 is 0 Å². The predicted octanol–water partition coefficient (Wildman–Crippen LogP) is 0.439. The molecule has 2 N–H and O–H groups in total. The van der Waals surface area contributed by atoms with E-state index in [1.807, 2.05) is 12.1 Å². The quantitative estimate of drug-likeness (QED) is 0.774. The van der Waals surface area contributed by atoms with Crippen LogP contribution in [-0.2, 0) is 11.2 Å². The summed E-state index contributed by atoms with van der Waals surface area (Å²) in [4.78, 5) is 0. The molecule has 5 nitrogen and oxygen atoms in total. The molecular formula is C11H18N4O. The Bertz CT molecular complexity index is 308. The Morgan fingerprint density at radius 3 is 3.06 bits per heavy atom. The van der Waals surface area contributed by atoms with Gasteiger partial charge in [0.25, 0.3) is 0 Å². The molecule has 1 aromatic heterocycles. The Kier molecular flexibility index (Phi) is 4.07. The van der Waals surface area contributed by atoms with Crippen LogP contribution >= 0.6 is 0 Å². The molecular weight excluding hydrogens is 204 g/mol. The van der Waals surface area contributed by atoms with E-state index in [1.54, 1.807) is 0 Å². The van der Waals surface area contributed by atoms with Gasteiger partial charge in [-0.05, 0) is 18.6 Å². The summed E-state index contributed by atoms with van der Waals surface area (Å²) in [7, 11) is 0. The van der Waals surface area contributed by atoms with Crippen LogP contribution in [0.2, 0.25) is 0 Å². The van der Waals surface area contributed by atoms with Crippen molar-refractivity contribution >= 4 is 5.82 Å². The van der Waals surface area contributed by atoms with Gasteiger partial charge in [-0.2, -0.15) is 5.10 Å². The van der Waals surface area contributed by atoms with E-state index >= 15 is 0 Å². The summed E-state index contributed by atoms with van der Waals surface area (Å²) in [5.41, 5.74) is 1.02. The van der Waals surface area contributed by atoms with Gasteiger partial charge in [-0.15, -0.1) is 5.10 Å². The smallest absolute Gasteiger partial charge is 0.148 e. The third kappa shape index (κ3) is 3.15. The molecule has 0 radical (unpaired) electrons. The summed E-state index contributed by atoms with van der Waals surface area (Å²) >= 11 is 0. The third-order valence-corrected chi connectivity index (χ3v) is 2.61. The highest BCUT2D eigenvalue weighted by molar-refractivity contribution is 5.33. The van der Waals surface area contributed by atoms with E-state index in [2.05, 4.69) is 27.8 Å². The van der Waals surface area contributed by atoms with Crippen molar-refractivity contribution in [3.8, 4) is 0 Å². The molecule has 0 aliphatic carbocycles. The molecule has 1 aromatic rings. The molecule has 5 heteroatoms. The molecule has 0 amide bonds. The second-order valence-corrected chi connectivity index (χ2v) is 3.87. The number of aryl methyl sites for hydroxylation is 1. The van der Waals surface area contributed by atoms with Crippen LogP contribution in [0.3, 0.4) is 0 Å². The Balaban J connectivity index is 1.79. The first-order chi connectivity index (χ1) is 7.88. The molecule has 88 valence electrons. The molecule has 1 atom stereocenters. The minimum Gasteiger partial charge on any atom is -0.378 e. The standard InChI is InChI=1S/C11H18N4O/c1-2-9-3-4-11(15-14-9)13-7-10-8-16-6-5-12-10/h3-4,10,12H,2,5-8H2,1H3,(H,13,15). The van der Waals surface area contributed by atoms with E-state index in [1.165, 1.54) is 0 Å². The molecule has 1 unspecified atom stereocenters. The molecule has 1 aliphatic rings. The molecule has 1 saturated heterocycles. The second-order valence-electron chi connectivity index (χ2n) is 3.87. The zero-order valence-electron chi connectivity index (χ0n) is 9.57. The molecule has 2 heterocycles. The van der Waals surface area contributed by atoms with Crippen LogP contribution < -0.4 is 10.6 Å². The van der Waals surface area contributed by atoms with Crippen molar-refractivity contribution in [2.75, 3.05) is 31.6 Å². The average molecular weight is 222 g/mol. The van der Waals surface area contributed by atoms with Crippen LogP contribution in [0, 0.1) is 0 Å². The number of hydrogen-bond acceptors (Lipinski definition) is 5. The lowest BCUT2D eigenvalue weighted by Gasteiger charge is -2.23. The Labute approximate surface area is 95.6 Å². The lowest BCUT2D eigenvalue weighted by atomic mass is 10.2. The molecule has 1 aliphatic heterocycles. The van der Waals surface area contributed by atoms with Gasteiger partial charge in [0.2, 0.25) is 0 Å². The molecule has 0 bridgehead atoms. The SMILES string of the molecule is CCc1ccc(NCC2COCCN2)nn1. The first-order valence-electron chi connectivity index (χ1n) is 5.76. The molecule has 16 heavy (non-hydrogen) atoms. The summed E-state index contributed by atoms with van der Waals surface area (Å²) in [6, 6.07) is 4.33. The van der Waals surface area contributed by atoms with Gasteiger partial charge < -0.3 is 15.4 Å². The lowest BCUT2D eigenvalue weighted by Crippen LogP contribution is -2.45. The van der Waals surface area contributed by atoms with Gasteiger partial charge in [0.05, 0.1) is 18.9 Å². The minimum atomic E-state index is 0.362. The largest absolute Gasteiger partial charge is 0.378 e. The van der Waals surface area contributed by atoms with Crippen molar-refractivity contribution in [1.82, 2.24) is 15.5 Å². The monoisotopic (exact) mass is 222 g/mol. The van der Waals surface area contributed by atoms with Gasteiger partial charge in [-0.3, -0.25) is 0 Å². The molecule has 0 aromatic carbocycles. The maximum absolute atomic E-state index is 5.37. The Morgan fingerprint density at radius 1 is 1.50 bits per heavy atom. The maximum Gasteiger partial charge on any atom is 0.148 e. The maximum atomic E-state index is 5.37. The van der Waals surface area contributed by atoms with Gasteiger partial charge in [-0.1, -0.05) is 6.92 Å². The fourth-order valence-electron chi connectivity index (χ4n) is 1.62. The van der Waals surface area contributed by atoms with E-state index in [4.69, 9.17) is 4.74 Å². The Morgan fingerprint density at radius 2 is 2.44 bits per heavy atom. The van der Waals surface area contributed by atoms with Gasteiger partial charge in [0.1, 0.15) is 5.82 Å². The van der Waals surface area contributed by atoms with Crippen LogP contribution in [0.4, 0.5) is 5.82 Å². The zero-order valence-corrected chi connectivity index (χ0v) is 9.57. The topological polar surface area (TPSA) is 59.1 Å². The number of aromatic nitrogens is 2. The van der Waals surface area contributed by atoms with Crippen molar-refractivity contribution in [2.24, 2.45) is 0 Å². The van der Waals surface area contributed by atoms with Gasteiger partial charge in [0, 0.05) is 19.1 Å². The predicted molar refractivity (Wildman–Crippen MR) is 62.5 cm³/mol. The van der Waals surface area contributed by atoms with Crippen LogP contribution in [-0.4, -0.2) is 42.5 Å². The van der Waals surface area contributed by atoms with Crippen LogP contribution in [0.15, 0.2) is 12.1 Å². The van der Waals surface area contributed by atoms with Crippen LogP contribution in [0.5, 0.6) is 0 Å². The van der Waals surface area contributed by atoms with E-state index in [0.29, 0.717) is 6.04 Å². The fourth-order valence-corrected chi connectivity index (χ4v) is 1.62. The average Bonchev–Trinajstić information content (AvgIpc) is 2.38. The van der Waals surface area contributed by atoms with Crippen molar-refractivity contribution in [3.63, 3.8) is 0 Å². The van der Waals surface area contributed by atoms with Crippen molar-refractivity contribution in [3.05, 3.63) is 17.8 Å². The molecule has 0 spiro atoms. The first kappa shape index (κ1) is 11.3. The minimum absolute atomic E-state index is 0.362. The third-order valence-electron chi connectivity index (χ3n) is 2.61. The van der Waals surface area contributed by atoms with E-state index in [0.717, 1.165) is 44.2 Å². The zero-order chi connectivity index (χ0) is 11.2. The highest BCUT2D eigenvalue weighted by atomic mass is 16.5. The van der Waals surface area contributed by atoms with Crippen molar-refractivity contribution in [1.29, 1.82) is 0 Å². The van der Waals surface area contributed by atoms with Gasteiger partial charge in [-0.25, -0.2) is 0 Å². The van der Waals surface area contributed by atoms with Crippen molar-refractivity contribution < 1.29 is 4.74 Å². The van der Waals surface area contributed by atoms with Crippen molar-refractivity contribution in [2.45, 2.75) is 19.4 Å². The highest BCUT2D eigenvalue weighted by Crippen LogP contribution is 2.03. The number of nitrogens with zero attached hydrogens (tertiary/aromatic N) is 2. The normalized spacial score (nSPS) is 20.7. The number of nitrogens with one attached hydrogen (secondary N) is 2. The Hall–Kier alpha value is -1.20. The number of anilines is 1. The van der Waals surface area contributed by atoms with Crippen LogP contribution in [0.25, 0.3) is 0 Å². The second kappa shape index (κ2) is 5.77. The summed E-state index contributed by atoms with van der Waals surface area (Å²) in [6.45, 7) is 5.38. The molecule has 1 fully saturated rings. The fraction of sp³-hybridized carbons (Fsp3) is 0.636. The summed E-state index contributed by atoms with van der Waals surface area (Å²) in [6.07, 6.45) is 0.922. The summed E-state index contributed by atoms with van der Waals surface area (Å²) in [5, 5.41) is 14.8. The number of ether oxygens (including phenoxy) is 1. The molecule has 2 rings (SSSR count). The first-order valence-corrected chi connectivity index (χ1v) is 5.76. The van der Waals surface area contributed by atoms with Gasteiger partial charge in [0.15, 0.2) is 0 Å². The number of morpholine rings is 1. The highest BCUT2D eigenvalue weighted by Gasteiger charge is 2.12. The summed E-state index contributed by atoms with van der Waals surface area (Å²) < 4.78 is 5.37. The van der Waals surface area contributed by atoms with E-state index in [9.17, 15) is 0 Å². The van der Waals surface area contributed by atoms with Gasteiger partial charge >= 0.3 is 0 Å². The van der Waals surface area contributed by atoms with E-state index in [-0.39, 0.29) is 0 Å². The lowest BCUT2D eigenvalue weighted by molar-refractivity contribution is 0.0806. The van der Waals surface area contributed by atoms with Crippen LogP contribution in [0.1, 0.15) is 12.6 Å².